The maximum Gasteiger partial charge on any atom is 0.220 e. The first-order valence-electron chi connectivity index (χ1n) is 7.86. The number of methoxy groups -OCH3 is 1. The fourth-order valence-corrected chi connectivity index (χ4v) is 2.95. The van der Waals surface area contributed by atoms with Crippen LogP contribution >= 0.6 is 0 Å². The highest BCUT2D eigenvalue weighted by atomic mass is 16.5. The van der Waals surface area contributed by atoms with Crippen molar-refractivity contribution in [3.63, 3.8) is 0 Å². The van der Waals surface area contributed by atoms with E-state index in [1.165, 1.54) is 19.4 Å². The molecule has 0 radical (unpaired) electrons. The molecule has 0 aromatic heterocycles. The van der Waals surface area contributed by atoms with E-state index in [-0.39, 0.29) is 5.91 Å². The molecule has 4 nitrogen and oxygen atoms in total. The normalized spacial score (nSPS) is 18.7. The van der Waals surface area contributed by atoms with Crippen molar-refractivity contribution < 1.29 is 9.53 Å². The highest BCUT2D eigenvalue weighted by Crippen LogP contribution is 2.16. The van der Waals surface area contributed by atoms with Crippen LogP contribution in [-0.4, -0.2) is 43.6 Å². The molecule has 1 unspecified atom stereocenters. The van der Waals surface area contributed by atoms with Crippen LogP contribution in [0.3, 0.4) is 0 Å². The van der Waals surface area contributed by atoms with Crippen molar-refractivity contribution in [2.24, 2.45) is 0 Å². The molecule has 1 aromatic rings. The molecule has 1 aromatic carbocycles. The lowest BCUT2D eigenvalue weighted by atomic mass is 10.1. The Hall–Kier alpha value is -1.55. The van der Waals surface area contributed by atoms with E-state index in [1.807, 2.05) is 24.3 Å². The number of amides is 1. The zero-order valence-corrected chi connectivity index (χ0v) is 13.1. The summed E-state index contributed by atoms with van der Waals surface area (Å²) in [6.45, 7) is 5.21. The molecule has 116 valence electrons. The Morgan fingerprint density at radius 1 is 1.48 bits per heavy atom. The summed E-state index contributed by atoms with van der Waals surface area (Å²) in [5, 5.41) is 3.08. The highest BCUT2D eigenvalue weighted by molar-refractivity contribution is 5.76. The number of likely N-dealkylation sites (N-methyl/N-ethyl adjacent to an activating group) is 1. The van der Waals surface area contributed by atoms with E-state index in [2.05, 4.69) is 17.1 Å². The smallest absolute Gasteiger partial charge is 0.220 e. The first-order chi connectivity index (χ1) is 10.2. The zero-order valence-electron chi connectivity index (χ0n) is 13.1. The molecule has 0 saturated carbocycles. The number of hydrogen-bond acceptors (Lipinski definition) is 3. The number of nitrogens with one attached hydrogen (secondary N) is 1. The van der Waals surface area contributed by atoms with E-state index < -0.39 is 0 Å². The van der Waals surface area contributed by atoms with Crippen LogP contribution in [0.5, 0.6) is 5.75 Å². The van der Waals surface area contributed by atoms with Crippen molar-refractivity contribution in [2.45, 2.75) is 38.6 Å². The fraction of sp³-hybridized carbons (Fsp3) is 0.588. The van der Waals surface area contributed by atoms with Crippen molar-refractivity contribution in [1.82, 2.24) is 10.2 Å². The van der Waals surface area contributed by atoms with Gasteiger partial charge in [0.25, 0.3) is 0 Å². The molecular weight excluding hydrogens is 264 g/mol. The predicted octanol–water partition coefficient (Wildman–Crippen LogP) is 2.23. The summed E-state index contributed by atoms with van der Waals surface area (Å²) in [6.07, 6.45) is 3.74. The van der Waals surface area contributed by atoms with Crippen LogP contribution in [0.4, 0.5) is 0 Å². The minimum absolute atomic E-state index is 0.140. The Bertz CT molecular complexity index is 462. The third kappa shape index (κ3) is 4.74. The average Bonchev–Trinajstić information content (AvgIpc) is 2.98. The van der Waals surface area contributed by atoms with Gasteiger partial charge in [-0.1, -0.05) is 19.1 Å². The molecule has 1 amide bonds. The number of nitrogens with zero attached hydrogens (tertiary/aromatic N) is 1. The van der Waals surface area contributed by atoms with Gasteiger partial charge in [-0.2, -0.15) is 0 Å². The summed E-state index contributed by atoms with van der Waals surface area (Å²) in [6, 6.07) is 8.43. The van der Waals surface area contributed by atoms with Gasteiger partial charge in [-0.05, 0) is 50.0 Å². The number of carbonyl (C=O) groups excluding carboxylic acids is 1. The Balaban J connectivity index is 1.72. The lowest BCUT2D eigenvalue weighted by Crippen LogP contribution is -2.40. The van der Waals surface area contributed by atoms with E-state index in [0.717, 1.165) is 30.8 Å². The summed E-state index contributed by atoms with van der Waals surface area (Å²) < 4.78 is 5.19. The second-order valence-corrected chi connectivity index (χ2v) is 5.58. The topological polar surface area (TPSA) is 41.6 Å². The second kappa shape index (κ2) is 8.03. The van der Waals surface area contributed by atoms with Crippen LogP contribution in [0, 0.1) is 0 Å². The third-order valence-electron chi connectivity index (χ3n) is 4.21. The Labute approximate surface area is 127 Å². The maximum absolute atomic E-state index is 12.0. The van der Waals surface area contributed by atoms with Crippen LogP contribution in [0.25, 0.3) is 0 Å². The minimum atomic E-state index is 0.140. The molecule has 1 atom stereocenters. The van der Waals surface area contributed by atoms with Gasteiger partial charge in [0.05, 0.1) is 7.11 Å². The number of ether oxygens (including phenoxy) is 1. The van der Waals surface area contributed by atoms with Gasteiger partial charge in [-0.25, -0.2) is 0 Å². The van der Waals surface area contributed by atoms with Gasteiger partial charge in [0, 0.05) is 19.0 Å². The first kappa shape index (κ1) is 15.8. The van der Waals surface area contributed by atoms with E-state index in [9.17, 15) is 4.79 Å². The molecule has 1 heterocycles. The number of rotatable bonds is 7. The van der Waals surface area contributed by atoms with Crippen LogP contribution in [0.15, 0.2) is 24.3 Å². The van der Waals surface area contributed by atoms with Crippen LogP contribution in [0.2, 0.25) is 0 Å². The van der Waals surface area contributed by atoms with Gasteiger partial charge in [0.15, 0.2) is 0 Å². The van der Waals surface area contributed by atoms with Crippen LogP contribution < -0.4 is 10.1 Å². The number of benzene rings is 1. The van der Waals surface area contributed by atoms with Gasteiger partial charge >= 0.3 is 0 Å². The lowest BCUT2D eigenvalue weighted by molar-refractivity contribution is -0.121. The summed E-state index contributed by atoms with van der Waals surface area (Å²) >= 11 is 0. The Morgan fingerprint density at radius 2 is 2.33 bits per heavy atom. The molecule has 1 aliphatic heterocycles. The number of carbonyl (C=O) groups is 1. The van der Waals surface area contributed by atoms with Gasteiger partial charge < -0.3 is 10.1 Å². The summed E-state index contributed by atoms with van der Waals surface area (Å²) in [5.41, 5.74) is 1.14. The second-order valence-electron chi connectivity index (χ2n) is 5.58. The average molecular weight is 290 g/mol. The maximum atomic E-state index is 12.0. The molecule has 0 aliphatic carbocycles. The molecule has 1 fully saturated rings. The monoisotopic (exact) mass is 290 g/mol. The van der Waals surface area contributed by atoms with Crippen LogP contribution in [-0.2, 0) is 11.2 Å². The number of aryl methyl sites for hydroxylation is 1. The fourth-order valence-electron chi connectivity index (χ4n) is 2.95. The largest absolute Gasteiger partial charge is 0.497 e. The molecule has 1 N–H and O–H groups in total. The SMILES string of the molecule is CCN1CCCC1CNC(=O)CCc1cccc(OC)c1. The quantitative estimate of drug-likeness (QED) is 0.837. The van der Waals surface area contributed by atoms with E-state index in [0.29, 0.717) is 12.5 Å². The molecule has 4 heteroatoms. The highest BCUT2D eigenvalue weighted by Gasteiger charge is 2.22. The predicted molar refractivity (Wildman–Crippen MR) is 84.6 cm³/mol. The van der Waals surface area contributed by atoms with Crippen molar-refractivity contribution in [3.05, 3.63) is 29.8 Å². The van der Waals surface area contributed by atoms with E-state index in [4.69, 9.17) is 4.74 Å². The van der Waals surface area contributed by atoms with Crippen molar-refractivity contribution in [3.8, 4) is 5.75 Å². The van der Waals surface area contributed by atoms with Crippen molar-refractivity contribution in [1.29, 1.82) is 0 Å². The lowest BCUT2D eigenvalue weighted by Gasteiger charge is -2.22. The summed E-state index contributed by atoms with van der Waals surface area (Å²) in [5.74, 6) is 0.984. The van der Waals surface area contributed by atoms with Crippen LogP contribution in [0.1, 0.15) is 31.7 Å². The van der Waals surface area contributed by atoms with E-state index in [1.54, 1.807) is 7.11 Å². The third-order valence-corrected chi connectivity index (χ3v) is 4.21. The molecule has 0 spiro atoms. The van der Waals surface area contributed by atoms with Gasteiger partial charge in [0.1, 0.15) is 5.75 Å². The standard InChI is InChI=1S/C17H26N2O2/c1-3-19-11-5-7-15(19)13-18-17(20)10-9-14-6-4-8-16(12-14)21-2/h4,6,8,12,15H,3,5,7,9-11,13H2,1-2H3,(H,18,20). The number of likely N-dealkylation sites (tertiary alicyclic amines) is 1. The minimum Gasteiger partial charge on any atom is -0.497 e. The molecule has 2 rings (SSSR count). The molecule has 21 heavy (non-hydrogen) atoms. The Morgan fingerprint density at radius 3 is 3.10 bits per heavy atom. The molecule has 1 saturated heterocycles. The number of hydrogen-bond donors (Lipinski definition) is 1. The Kier molecular flexibility index (Phi) is 6.05. The van der Waals surface area contributed by atoms with Gasteiger partial charge in [0.2, 0.25) is 5.91 Å². The van der Waals surface area contributed by atoms with Gasteiger partial charge in [-0.3, -0.25) is 9.69 Å². The molecule has 1 aliphatic rings. The summed E-state index contributed by atoms with van der Waals surface area (Å²) in [7, 11) is 1.66. The first-order valence-corrected chi connectivity index (χ1v) is 7.86. The molecular formula is C17H26N2O2. The summed E-state index contributed by atoms with van der Waals surface area (Å²) in [4.78, 5) is 14.4. The molecule has 0 bridgehead atoms. The zero-order chi connectivity index (χ0) is 15.1. The van der Waals surface area contributed by atoms with Crippen molar-refractivity contribution in [2.75, 3.05) is 26.7 Å². The van der Waals surface area contributed by atoms with Crippen molar-refractivity contribution >= 4 is 5.91 Å². The van der Waals surface area contributed by atoms with E-state index >= 15 is 0 Å². The van der Waals surface area contributed by atoms with Gasteiger partial charge in [-0.15, -0.1) is 0 Å².